The van der Waals surface area contributed by atoms with Crippen molar-refractivity contribution in [2.45, 2.75) is 25.9 Å². The van der Waals surface area contributed by atoms with Crippen LogP contribution in [0.5, 0.6) is 0 Å². The zero-order valence-corrected chi connectivity index (χ0v) is 20.0. The van der Waals surface area contributed by atoms with Crippen LogP contribution in [0.2, 0.25) is 0 Å². The molecule has 2 amide bonds. The van der Waals surface area contributed by atoms with Crippen molar-refractivity contribution in [1.29, 1.82) is 0 Å². The van der Waals surface area contributed by atoms with E-state index in [4.69, 9.17) is 9.47 Å². The lowest BCUT2D eigenvalue weighted by molar-refractivity contribution is -0.144. The molecule has 9 heteroatoms. The van der Waals surface area contributed by atoms with E-state index in [2.05, 4.69) is 34.2 Å². The molecule has 34 heavy (non-hydrogen) atoms. The molecular weight excluding hydrogens is 434 g/mol. The first-order valence-corrected chi connectivity index (χ1v) is 11.9. The summed E-state index contributed by atoms with van der Waals surface area (Å²) in [6, 6.07) is 12.2. The van der Waals surface area contributed by atoms with Crippen LogP contribution in [0, 0.1) is 6.92 Å². The van der Waals surface area contributed by atoms with E-state index in [1.807, 2.05) is 29.2 Å². The molecule has 4 rings (SSSR count). The van der Waals surface area contributed by atoms with Crippen molar-refractivity contribution in [2.75, 3.05) is 64.5 Å². The molecule has 0 aliphatic carbocycles. The molecule has 0 unspecified atom stereocenters. The van der Waals surface area contributed by atoms with Gasteiger partial charge in [0.15, 0.2) is 5.82 Å². The largest absolute Gasteiger partial charge is 0.376 e. The van der Waals surface area contributed by atoms with Crippen LogP contribution < -0.4 is 4.90 Å². The summed E-state index contributed by atoms with van der Waals surface area (Å²) in [6.07, 6.45) is 1.89. The van der Waals surface area contributed by atoms with Crippen molar-refractivity contribution in [2.24, 2.45) is 0 Å². The number of methoxy groups -OCH3 is 1. The maximum absolute atomic E-state index is 13.0. The Morgan fingerprint density at radius 3 is 2.47 bits per heavy atom. The first kappa shape index (κ1) is 24.1. The summed E-state index contributed by atoms with van der Waals surface area (Å²) in [4.78, 5) is 31.0. The number of aryl methyl sites for hydroxylation is 1. The number of aromatic nitrogens is 2. The molecule has 2 aliphatic heterocycles. The third-order valence-electron chi connectivity index (χ3n) is 6.35. The van der Waals surface area contributed by atoms with Crippen LogP contribution in [0.1, 0.15) is 18.4 Å². The third-order valence-corrected chi connectivity index (χ3v) is 6.35. The maximum atomic E-state index is 13.0. The average molecular weight is 468 g/mol. The lowest BCUT2D eigenvalue weighted by Gasteiger charge is -2.36. The standard InChI is InChI=1S/C25H33N5O4/c1-19-5-7-20(8-6-19)22-9-10-23(27-26-22)28-11-13-29(14-12-28)24(31)17-30(25(32)18-33-2)16-21-4-3-15-34-21/h5-10,21H,3-4,11-18H2,1-2H3/t21-/m1/s1. The molecule has 9 nitrogen and oxygen atoms in total. The topological polar surface area (TPSA) is 88.1 Å². The molecule has 0 N–H and O–H groups in total. The predicted molar refractivity (Wildman–Crippen MR) is 128 cm³/mol. The van der Waals surface area contributed by atoms with Crippen LogP contribution in [0.15, 0.2) is 36.4 Å². The van der Waals surface area contributed by atoms with Gasteiger partial charge in [-0.2, -0.15) is 0 Å². The second kappa shape index (κ2) is 11.4. The monoisotopic (exact) mass is 467 g/mol. The number of benzene rings is 1. The Bertz CT molecular complexity index is 952. The van der Waals surface area contributed by atoms with E-state index in [1.165, 1.54) is 12.7 Å². The molecule has 0 radical (unpaired) electrons. The summed E-state index contributed by atoms with van der Waals surface area (Å²) in [5.74, 6) is 0.565. The molecule has 1 atom stereocenters. The van der Waals surface area contributed by atoms with E-state index < -0.39 is 0 Å². The van der Waals surface area contributed by atoms with Gasteiger partial charge >= 0.3 is 0 Å². The van der Waals surface area contributed by atoms with Gasteiger partial charge in [-0.05, 0) is 31.9 Å². The Balaban J connectivity index is 1.30. The van der Waals surface area contributed by atoms with Gasteiger partial charge in [0.25, 0.3) is 0 Å². The molecule has 3 heterocycles. The number of piperazine rings is 1. The number of hydrogen-bond acceptors (Lipinski definition) is 7. The SMILES string of the molecule is COCC(=O)N(CC(=O)N1CCN(c2ccc(-c3ccc(C)cc3)nn2)CC1)C[C@H]1CCCO1. The maximum Gasteiger partial charge on any atom is 0.249 e. The van der Waals surface area contributed by atoms with Gasteiger partial charge in [0.05, 0.1) is 18.3 Å². The Labute approximate surface area is 200 Å². The number of anilines is 1. The highest BCUT2D eigenvalue weighted by Crippen LogP contribution is 2.20. The second-order valence-electron chi connectivity index (χ2n) is 8.85. The van der Waals surface area contributed by atoms with Gasteiger partial charge < -0.3 is 24.2 Å². The van der Waals surface area contributed by atoms with Crippen LogP contribution in [0.4, 0.5) is 5.82 Å². The molecule has 0 spiro atoms. The normalized spacial score (nSPS) is 18.2. The number of carbonyl (C=O) groups is 2. The number of amides is 2. The van der Waals surface area contributed by atoms with E-state index in [0.29, 0.717) is 39.3 Å². The smallest absolute Gasteiger partial charge is 0.249 e. The number of ether oxygens (including phenoxy) is 2. The molecule has 182 valence electrons. The molecule has 2 fully saturated rings. The van der Waals surface area contributed by atoms with Crippen LogP contribution in [0.3, 0.4) is 0 Å². The highest BCUT2D eigenvalue weighted by Gasteiger charge is 2.28. The number of carbonyl (C=O) groups excluding carboxylic acids is 2. The van der Waals surface area contributed by atoms with Crippen LogP contribution in [0.25, 0.3) is 11.3 Å². The van der Waals surface area contributed by atoms with Crippen molar-refractivity contribution < 1.29 is 19.1 Å². The summed E-state index contributed by atoms with van der Waals surface area (Å²) >= 11 is 0. The molecule has 2 aliphatic rings. The van der Waals surface area contributed by atoms with Gasteiger partial charge in [-0.15, -0.1) is 10.2 Å². The Kier molecular flexibility index (Phi) is 8.08. The molecule has 1 aromatic heterocycles. The molecule has 0 bridgehead atoms. The van der Waals surface area contributed by atoms with Crippen molar-refractivity contribution in [1.82, 2.24) is 20.0 Å². The summed E-state index contributed by atoms with van der Waals surface area (Å²) in [5, 5.41) is 8.81. The highest BCUT2D eigenvalue weighted by molar-refractivity contribution is 5.85. The Morgan fingerprint density at radius 1 is 1.09 bits per heavy atom. The Morgan fingerprint density at radius 2 is 1.85 bits per heavy atom. The van der Waals surface area contributed by atoms with E-state index in [9.17, 15) is 9.59 Å². The zero-order chi connectivity index (χ0) is 23.9. The van der Waals surface area contributed by atoms with Crippen molar-refractivity contribution in [3.8, 4) is 11.3 Å². The van der Waals surface area contributed by atoms with Crippen LogP contribution >= 0.6 is 0 Å². The fourth-order valence-electron chi connectivity index (χ4n) is 4.32. The number of nitrogens with zero attached hydrogens (tertiary/aromatic N) is 5. The van der Waals surface area contributed by atoms with Gasteiger partial charge in [-0.1, -0.05) is 29.8 Å². The minimum atomic E-state index is -0.186. The summed E-state index contributed by atoms with van der Waals surface area (Å²) in [5.41, 5.74) is 3.08. The molecule has 2 saturated heterocycles. The van der Waals surface area contributed by atoms with Crippen LogP contribution in [-0.4, -0.2) is 97.5 Å². The fourth-order valence-corrected chi connectivity index (χ4v) is 4.32. The minimum Gasteiger partial charge on any atom is -0.376 e. The van der Waals surface area contributed by atoms with Gasteiger partial charge in [0.1, 0.15) is 6.61 Å². The van der Waals surface area contributed by atoms with Gasteiger partial charge in [0, 0.05) is 52.0 Å². The van der Waals surface area contributed by atoms with Gasteiger partial charge in [-0.25, -0.2) is 0 Å². The third kappa shape index (κ3) is 6.09. The lowest BCUT2D eigenvalue weighted by atomic mass is 10.1. The highest BCUT2D eigenvalue weighted by atomic mass is 16.5. The quantitative estimate of drug-likeness (QED) is 0.585. The molecule has 2 aromatic rings. The fraction of sp³-hybridized carbons (Fsp3) is 0.520. The molecular formula is C25H33N5O4. The first-order valence-electron chi connectivity index (χ1n) is 11.9. The zero-order valence-electron chi connectivity index (χ0n) is 20.0. The first-order chi connectivity index (χ1) is 16.5. The van der Waals surface area contributed by atoms with E-state index in [1.54, 1.807) is 4.90 Å². The van der Waals surface area contributed by atoms with Gasteiger partial charge in [0.2, 0.25) is 11.8 Å². The summed E-state index contributed by atoms with van der Waals surface area (Å²) < 4.78 is 10.7. The molecule has 0 saturated carbocycles. The van der Waals surface area contributed by atoms with E-state index >= 15 is 0 Å². The summed E-state index contributed by atoms with van der Waals surface area (Å²) in [7, 11) is 1.49. The lowest BCUT2D eigenvalue weighted by Crippen LogP contribution is -2.53. The Hall–Kier alpha value is -3.04. The average Bonchev–Trinajstić information content (AvgIpc) is 3.38. The van der Waals surface area contributed by atoms with Gasteiger partial charge in [-0.3, -0.25) is 9.59 Å². The van der Waals surface area contributed by atoms with E-state index in [-0.39, 0.29) is 31.1 Å². The second-order valence-corrected chi connectivity index (χ2v) is 8.85. The molecule has 1 aromatic carbocycles. The number of rotatable bonds is 8. The summed E-state index contributed by atoms with van der Waals surface area (Å²) in [6.45, 7) is 5.70. The van der Waals surface area contributed by atoms with Crippen molar-refractivity contribution in [3.05, 3.63) is 42.0 Å². The van der Waals surface area contributed by atoms with Crippen LogP contribution in [-0.2, 0) is 19.1 Å². The predicted octanol–water partition coefficient (Wildman–Crippen LogP) is 1.75. The minimum absolute atomic E-state index is 0.00749. The van der Waals surface area contributed by atoms with Crippen molar-refractivity contribution in [3.63, 3.8) is 0 Å². The van der Waals surface area contributed by atoms with Crippen molar-refractivity contribution >= 4 is 17.6 Å². The number of hydrogen-bond donors (Lipinski definition) is 0. The van der Waals surface area contributed by atoms with E-state index in [0.717, 1.165) is 29.9 Å².